The molecular weight excluding hydrogens is 1250 g/mol. The summed E-state index contributed by atoms with van der Waals surface area (Å²) in [4.78, 5) is 52.5. The van der Waals surface area contributed by atoms with Crippen molar-refractivity contribution in [2.75, 3.05) is 36.4 Å². The van der Waals surface area contributed by atoms with E-state index in [-0.39, 0.29) is 18.5 Å². The van der Waals surface area contributed by atoms with Crippen LogP contribution in [-0.2, 0) is 0 Å². The van der Waals surface area contributed by atoms with Gasteiger partial charge in [0.1, 0.15) is 24.7 Å². The van der Waals surface area contributed by atoms with Crippen molar-refractivity contribution in [3.05, 3.63) is 193 Å². The maximum absolute atomic E-state index is 8.73. The predicted octanol–water partition coefficient (Wildman–Crippen LogP) is 18.7. The molecular formula is C80H84N16O4. The van der Waals surface area contributed by atoms with Gasteiger partial charge in [-0.25, -0.2) is 39.9 Å². The summed E-state index contributed by atoms with van der Waals surface area (Å²) in [5.74, 6) is 2.29. The van der Waals surface area contributed by atoms with Crippen LogP contribution in [0.15, 0.2) is 177 Å². The average Bonchev–Trinajstić information content (AvgIpc) is 1.58. The van der Waals surface area contributed by atoms with Crippen LogP contribution in [0.1, 0.15) is 110 Å². The lowest BCUT2D eigenvalue weighted by Gasteiger charge is -2.33. The Kier molecular flexibility index (Phi) is 14.8. The normalized spacial score (nSPS) is 18.8. The first kappa shape index (κ1) is 58.8. The van der Waals surface area contributed by atoms with E-state index in [0.717, 1.165) is 111 Å². The quantitative estimate of drug-likeness (QED) is 0.147. The highest BCUT2D eigenvalue weighted by Gasteiger charge is 2.42. The largest absolute Gasteiger partial charge is 0.435 e. The summed E-state index contributed by atoms with van der Waals surface area (Å²) in [6, 6.07) is 30.5. The van der Waals surface area contributed by atoms with Gasteiger partial charge in [-0.3, -0.25) is 9.80 Å². The molecule has 10 aromatic heterocycles. The van der Waals surface area contributed by atoms with Gasteiger partial charge in [0.25, 0.3) is 0 Å². The van der Waals surface area contributed by atoms with E-state index in [4.69, 9.17) is 24.5 Å². The second kappa shape index (κ2) is 25.2. The van der Waals surface area contributed by atoms with Crippen LogP contribution in [0.3, 0.4) is 0 Å². The van der Waals surface area contributed by atoms with Crippen molar-refractivity contribution in [1.82, 2.24) is 49.7 Å². The third kappa shape index (κ3) is 10.6. The molecule has 5 atom stereocenters. The molecule has 0 amide bonds. The summed E-state index contributed by atoms with van der Waals surface area (Å²) in [5.41, 5.74) is 16.1. The van der Waals surface area contributed by atoms with Gasteiger partial charge < -0.3 is 47.1 Å². The van der Waals surface area contributed by atoms with Crippen molar-refractivity contribution in [3.8, 4) is 0 Å². The first-order valence-corrected chi connectivity index (χ1v) is 33.9. The molecule has 0 saturated heterocycles. The first-order chi connectivity index (χ1) is 50.0. The minimum absolute atomic E-state index is 0.143. The van der Waals surface area contributed by atoms with Crippen molar-refractivity contribution in [3.63, 3.8) is 0 Å². The molecule has 100 heavy (non-hydrogen) atoms. The summed E-state index contributed by atoms with van der Waals surface area (Å²) in [6.45, 7) is 27.6. The Morgan fingerprint density at radius 2 is 0.750 bits per heavy atom. The molecule has 0 aliphatic carbocycles. The molecule has 4 aliphatic rings. The molecule has 0 fully saturated rings. The zero-order valence-corrected chi connectivity index (χ0v) is 59.2. The molecule has 4 aliphatic heterocycles. The van der Waals surface area contributed by atoms with Gasteiger partial charge >= 0.3 is 0 Å². The third-order valence-corrected chi connectivity index (χ3v) is 19.7. The molecule has 14 aromatic rings. The molecule has 14 heterocycles. The molecule has 0 bridgehead atoms. The van der Waals surface area contributed by atoms with Gasteiger partial charge in [0.15, 0.2) is 45.6 Å². The number of pyridine rings is 4. The number of hydrogen-bond donors (Lipinski definition) is 0. The fourth-order valence-electron chi connectivity index (χ4n) is 14.7. The molecule has 0 radical (unpaired) electrons. The van der Waals surface area contributed by atoms with Crippen LogP contribution in [0.2, 0.25) is 0 Å². The molecule has 0 spiro atoms. The Balaban J connectivity index is 0.000000113. The van der Waals surface area contributed by atoms with E-state index in [2.05, 4.69) is 200 Å². The van der Waals surface area contributed by atoms with E-state index in [9.17, 15) is 0 Å². The van der Waals surface area contributed by atoms with E-state index in [1.54, 1.807) is 31.0 Å². The van der Waals surface area contributed by atoms with E-state index >= 15 is 0 Å². The van der Waals surface area contributed by atoms with Gasteiger partial charge in [0.2, 0.25) is 22.9 Å². The Morgan fingerprint density at radius 3 is 1.15 bits per heavy atom. The fourth-order valence-corrected chi connectivity index (χ4v) is 14.7. The van der Waals surface area contributed by atoms with Crippen LogP contribution in [0, 0.1) is 41.5 Å². The van der Waals surface area contributed by atoms with Crippen molar-refractivity contribution in [2.24, 2.45) is 0 Å². The standard InChI is InChI=1S/2C21H21N5O.C20H23N3O.C18H19N3O/c2*1-12(2)25-14(4)26(20-19(25)22-10-11-23-20)17-13(3)7-8-15-16-6-5-9-24-21(16)27-18(15)17;1-12(2)22-10-11-23(15(22)5)18-13(3)6-8-16-17-9-7-14(4)21-20(17)24-19(16)18;1-11-5-7-14-15-8-6-12(2)19-18(15)22-17(14)16(11)21-10-9-20(4)13(21)3/h2*5-12,14H,1-4H3;6-12,15H,1-5H3;5-10,13H,1-4H3/i1D3,12D;12D;;. The van der Waals surface area contributed by atoms with Crippen LogP contribution in [0.5, 0.6) is 0 Å². The monoisotopic (exact) mass is 1340 g/mol. The second-order valence-corrected chi connectivity index (χ2v) is 26.7. The first-order valence-electron chi connectivity index (χ1n) is 36.4. The number of anilines is 8. The highest BCUT2D eigenvalue weighted by atomic mass is 16.4. The molecule has 0 saturated carbocycles. The highest BCUT2D eigenvalue weighted by Crippen LogP contribution is 2.50. The Morgan fingerprint density at radius 1 is 0.380 bits per heavy atom. The van der Waals surface area contributed by atoms with E-state index in [0.29, 0.717) is 51.9 Å². The lowest BCUT2D eigenvalue weighted by molar-refractivity contribution is 0.263. The van der Waals surface area contributed by atoms with Crippen LogP contribution in [0.25, 0.3) is 88.3 Å². The molecule has 5 unspecified atom stereocenters. The number of hydrogen-bond acceptors (Lipinski definition) is 20. The Hall–Kier alpha value is -11.3. The van der Waals surface area contributed by atoms with Crippen molar-refractivity contribution in [2.45, 2.75) is 153 Å². The van der Waals surface area contributed by atoms with Crippen molar-refractivity contribution < 1.29 is 24.5 Å². The minimum Gasteiger partial charge on any atom is -0.435 e. The molecule has 20 heteroatoms. The summed E-state index contributed by atoms with van der Waals surface area (Å²) >= 11 is 0. The molecule has 508 valence electrons. The average molecular weight is 1340 g/mol. The van der Waals surface area contributed by atoms with Crippen molar-refractivity contribution >= 4 is 134 Å². The van der Waals surface area contributed by atoms with E-state index in [1.165, 1.54) is 29.1 Å². The van der Waals surface area contributed by atoms with Gasteiger partial charge in [-0.15, -0.1) is 0 Å². The van der Waals surface area contributed by atoms with Gasteiger partial charge in [0, 0.05) is 146 Å². The van der Waals surface area contributed by atoms with E-state index in [1.807, 2.05) is 99.9 Å². The smallest absolute Gasteiger partial charge is 0.227 e. The molecule has 20 nitrogen and oxygen atoms in total. The summed E-state index contributed by atoms with van der Waals surface area (Å²) in [6.07, 6.45) is 18.2. The fraction of sp³-hybridized carbons (Fsp3) is 0.300. The summed E-state index contributed by atoms with van der Waals surface area (Å²) in [7, 11) is 2.08. The number of fused-ring (bicyclic) bond motifs is 14. The minimum atomic E-state index is -2.56. The van der Waals surface area contributed by atoms with Gasteiger partial charge in [-0.05, 0) is 181 Å². The van der Waals surface area contributed by atoms with Gasteiger partial charge in [-0.1, -0.05) is 48.5 Å². The number of rotatable bonds is 7. The zero-order chi connectivity index (χ0) is 74.2. The number of furan rings is 4. The molecule has 4 aromatic carbocycles. The number of aromatic nitrogens is 8. The third-order valence-electron chi connectivity index (χ3n) is 19.7. The zero-order valence-electron chi connectivity index (χ0n) is 64.2. The van der Waals surface area contributed by atoms with Crippen LogP contribution in [0.4, 0.5) is 46.0 Å². The van der Waals surface area contributed by atoms with Gasteiger partial charge in [-0.2, -0.15) is 0 Å². The lowest BCUT2D eigenvalue weighted by Crippen LogP contribution is -2.42. The number of benzene rings is 4. The molecule has 18 rings (SSSR count). The van der Waals surface area contributed by atoms with Crippen LogP contribution >= 0.6 is 0 Å². The van der Waals surface area contributed by atoms with Crippen molar-refractivity contribution in [1.29, 1.82) is 0 Å². The molecule has 0 N–H and O–H groups in total. The second-order valence-electron chi connectivity index (χ2n) is 26.7. The Bertz CT molecular complexity index is 5800. The predicted molar refractivity (Wildman–Crippen MR) is 404 cm³/mol. The SMILES string of the molecule is Cc1ccc2c(n1)oc1c(N3C=CN(C(C)C)C3C)c(C)ccc12.Cc1ccc2c(n1)oc1c(N3C=CN(C)C3C)c(C)ccc12.[2H]C(C)(C)N1c2nccnc2N(c2c(C)ccc3c2oc2ncccc23)C1C.[2H]C([2H])([2H])C([2H])(C)N1c2nccnc2N(c2c(C)ccc3c2oc2ncccc23)C1C. The maximum atomic E-state index is 8.73. The summed E-state index contributed by atoms with van der Waals surface area (Å²) < 4.78 is 65.9. The maximum Gasteiger partial charge on any atom is 0.227 e. The Labute approximate surface area is 588 Å². The van der Waals surface area contributed by atoms with Crippen LogP contribution < -0.4 is 29.4 Å². The number of aryl methyl sites for hydroxylation is 6. The van der Waals surface area contributed by atoms with E-state index < -0.39 is 25.1 Å². The summed E-state index contributed by atoms with van der Waals surface area (Å²) in [5, 5.41) is 8.21. The lowest BCUT2D eigenvalue weighted by atomic mass is 10.1. The highest BCUT2D eigenvalue weighted by molar-refractivity contribution is 6.12. The van der Waals surface area contributed by atoms with Gasteiger partial charge in [0.05, 0.1) is 25.5 Å². The van der Waals surface area contributed by atoms with Crippen LogP contribution in [-0.4, -0.2) is 99.5 Å². The number of nitrogens with zero attached hydrogens (tertiary/aromatic N) is 16. The topological polar surface area (TPSA) is 182 Å².